The maximum Gasteiger partial charge on any atom is 0.245 e. The Morgan fingerprint density at radius 2 is 1.60 bits per heavy atom. The van der Waals surface area contributed by atoms with Crippen molar-refractivity contribution in [1.29, 1.82) is 0 Å². The van der Waals surface area contributed by atoms with Gasteiger partial charge in [0.15, 0.2) is 11.5 Å². The van der Waals surface area contributed by atoms with E-state index in [2.05, 4.69) is 34.9 Å². The Morgan fingerprint density at radius 1 is 1.00 bits per heavy atom. The van der Waals surface area contributed by atoms with E-state index in [-0.39, 0.29) is 53.0 Å². The van der Waals surface area contributed by atoms with Crippen molar-refractivity contribution in [2.45, 2.75) is 56.3 Å². The quantitative estimate of drug-likeness (QED) is 0.342. The summed E-state index contributed by atoms with van der Waals surface area (Å²) in [5.74, 6) is -0.648. The molecule has 1 saturated carbocycles. The third-order valence-electron chi connectivity index (χ3n) is 6.84. The summed E-state index contributed by atoms with van der Waals surface area (Å²) in [7, 11) is -0.129. The minimum absolute atomic E-state index is 0.0620. The predicted molar refractivity (Wildman–Crippen MR) is 140 cm³/mol. The largest absolute Gasteiger partial charge is 0.479 e. The van der Waals surface area contributed by atoms with Gasteiger partial charge in [-0.2, -0.15) is 9.97 Å². The van der Waals surface area contributed by atoms with E-state index in [1.807, 2.05) is 0 Å². The molecule has 1 aliphatic carbocycles. The molecule has 0 radical (unpaired) electrons. The molecule has 13 nitrogen and oxygen atoms in total. The maximum atomic E-state index is 13.6. The maximum absolute atomic E-state index is 13.6. The molecule has 17 heteroatoms. The van der Waals surface area contributed by atoms with E-state index >= 15 is 0 Å². The van der Waals surface area contributed by atoms with Crippen molar-refractivity contribution in [3.05, 3.63) is 35.4 Å². The van der Waals surface area contributed by atoms with Gasteiger partial charge in [0.25, 0.3) is 0 Å². The van der Waals surface area contributed by atoms with Crippen molar-refractivity contribution in [1.82, 2.24) is 34.7 Å². The van der Waals surface area contributed by atoms with Crippen molar-refractivity contribution in [3.8, 4) is 17.4 Å². The number of hydrogen-bond donors (Lipinski definition) is 1. The number of halogens is 3. The number of ether oxygens (including phenoxy) is 3. The number of hydrogen-bond acceptors (Lipinski definition) is 11. The lowest BCUT2D eigenvalue weighted by Crippen LogP contribution is -2.33. The average molecular weight is 603 g/mol. The van der Waals surface area contributed by atoms with Crippen LogP contribution in [0.2, 0.25) is 5.02 Å². The number of nitrogens with zero attached hydrogens (tertiary/aromatic N) is 7. The van der Waals surface area contributed by atoms with Crippen LogP contribution in [0.1, 0.15) is 56.3 Å². The van der Waals surface area contributed by atoms with E-state index in [1.165, 1.54) is 51.5 Å². The molecule has 0 spiro atoms. The molecule has 2 unspecified atom stereocenters. The zero-order chi connectivity index (χ0) is 29.0. The lowest BCUT2D eigenvalue weighted by Gasteiger charge is -2.28. The second-order valence-corrected chi connectivity index (χ2v) is 11.6. The van der Waals surface area contributed by atoms with Gasteiger partial charge in [-0.3, -0.25) is 9.29 Å². The smallest absolute Gasteiger partial charge is 0.245 e. The molecule has 0 saturated heterocycles. The standard InChI is InChI=1S/C23H29ClF2N8O5S/c1-12(17(37-2)19-27-9-15(24)10-28-19)40(35,36)33-23-32-31-20(14-7-5-13(6-8-14)18(25)26)34(23)16-21(38-3)29-11-30-22(16)39-4/h9-14,17-18H,5-8H2,1-4H3,(H,32,33). The molecule has 1 N–H and O–H groups in total. The molecule has 2 atom stereocenters. The van der Waals surface area contributed by atoms with Crippen LogP contribution in [0.4, 0.5) is 14.7 Å². The number of alkyl halides is 2. The number of methoxy groups -OCH3 is 3. The third kappa shape index (κ3) is 6.07. The van der Waals surface area contributed by atoms with Gasteiger partial charge in [-0.25, -0.2) is 27.2 Å². The lowest BCUT2D eigenvalue weighted by molar-refractivity contribution is 0.0522. The van der Waals surface area contributed by atoms with Crippen molar-refractivity contribution in [3.63, 3.8) is 0 Å². The number of nitrogens with one attached hydrogen (secondary N) is 1. The molecule has 1 aliphatic rings. The Balaban J connectivity index is 1.76. The van der Waals surface area contributed by atoms with Gasteiger partial charge >= 0.3 is 0 Å². The molecule has 3 heterocycles. The van der Waals surface area contributed by atoms with E-state index in [9.17, 15) is 17.2 Å². The molecule has 3 aromatic rings. The predicted octanol–water partition coefficient (Wildman–Crippen LogP) is 3.57. The molecule has 1 fully saturated rings. The first kappa shape index (κ1) is 29.7. The summed E-state index contributed by atoms with van der Waals surface area (Å²) in [5.41, 5.74) is 0.151. The Morgan fingerprint density at radius 3 is 2.12 bits per heavy atom. The molecular weight excluding hydrogens is 574 g/mol. The fourth-order valence-corrected chi connectivity index (χ4v) is 5.90. The van der Waals surface area contributed by atoms with E-state index in [1.54, 1.807) is 0 Å². The van der Waals surface area contributed by atoms with Crippen LogP contribution in [-0.2, 0) is 14.8 Å². The summed E-state index contributed by atoms with van der Waals surface area (Å²) in [6.45, 7) is 1.43. The molecule has 4 rings (SSSR count). The number of rotatable bonds is 11. The SMILES string of the molecule is COc1ncnc(OC)c1-n1c(NS(=O)(=O)C(C)C(OC)c2ncc(Cl)cn2)nnc1C1CCC(C(F)F)CC1. The normalized spacial score (nSPS) is 19.3. The number of sulfonamides is 1. The first-order valence-electron chi connectivity index (χ1n) is 12.3. The van der Waals surface area contributed by atoms with Crippen LogP contribution in [0, 0.1) is 5.92 Å². The molecule has 3 aromatic heterocycles. The summed E-state index contributed by atoms with van der Waals surface area (Å²) in [6, 6.07) is 0. The highest BCUT2D eigenvalue weighted by molar-refractivity contribution is 7.93. The average Bonchev–Trinajstić information content (AvgIpc) is 3.35. The van der Waals surface area contributed by atoms with Gasteiger partial charge in [0.2, 0.25) is 34.2 Å². The van der Waals surface area contributed by atoms with Gasteiger partial charge in [0.05, 0.1) is 19.2 Å². The highest BCUT2D eigenvalue weighted by atomic mass is 35.5. The minimum atomic E-state index is -4.22. The molecule has 0 aliphatic heterocycles. The van der Waals surface area contributed by atoms with Crippen molar-refractivity contribution >= 4 is 27.6 Å². The van der Waals surface area contributed by atoms with Gasteiger partial charge in [-0.05, 0) is 32.6 Å². The van der Waals surface area contributed by atoms with Crippen molar-refractivity contribution in [2.24, 2.45) is 5.92 Å². The molecule has 0 aromatic carbocycles. The Kier molecular flexibility index (Phi) is 9.30. The molecule has 0 amide bonds. The molecular formula is C23H29ClF2N8O5S. The summed E-state index contributed by atoms with van der Waals surface area (Å²) < 4.78 is 74.0. The zero-order valence-electron chi connectivity index (χ0n) is 22.2. The van der Waals surface area contributed by atoms with Crippen LogP contribution >= 0.6 is 11.6 Å². The molecule has 218 valence electrons. The van der Waals surface area contributed by atoms with Crippen LogP contribution in [-0.4, -0.2) is 76.1 Å². The van der Waals surface area contributed by atoms with Crippen molar-refractivity contribution < 1.29 is 31.4 Å². The third-order valence-corrected chi connectivity index (χ3v) is 8.73. The molecule has 0 bridgehead atoms. The van der Waals surface area contributed by atoms with Gasteiger partial charge < -0.3 is 14.2 Å². The summed E-state index contributed by atoms with van der Waals surface area (Å²) in [5, 5.41) is 7.48. The summed E-state index contributed by atoms with van der Waals surface area (Å²) in [4.78, 5) is 16.4. The second kappa shape index (κ2) is 12.5. The topological polar surface area (TPSA) is 156 Å². The first-order valence-corrected chi connectivity index (χ1v) is 14.2. The minimum Gasteiger partial charge on any atom is -0.479 e. The van der Waals surface area contributed by atoms with Crippen LogP contribution < -0.4 is 14.2 Å². The first-order chi connectivity index (χ1) is 19.1. The fourth-order valence-electron chi connectivity index (χ4n) is 4.67. The summed E-state index contributed by atoms with van der Waals surface area (Å²) >= 11 is 5.87. The van der Waals surface area contributed by atoms with Gasteiger partial charge in [-0.1, -0.05) is 11.6 Å². The van der Waals surface area contributed by atoms with E-state index < -0.39 is 33.7 Å². The van der Waals surface area contributed by atoms with Gasteiger partial charge in [0.1, 0.15) is 23.5 Å². The van der Waals surface area contributed by atoms with Crippen LogP contribution in [0.5, 0.6) is 11.8 Å². The van der Waals surface area contributed by atoms with E-state index in [4.69, 9.17) is 25.8 Å². The zero-order valence-corrected chi connectivity index (χ0v) is 23.7. The number of aromatic nitrogens is 7. The molecule has 40 heavy (non-hydrogen) atoms. The number of anilines is 1. The van der Waals surface area contributed by atoms with Crippen LogP contribution in [0.3, 0.4) is 0 Å². The monoisotopic (exact) mass is 602 g/mol. The van der Waals surface area contributed by atoms with Crippen molar-refractivity contribution in [2.75, 3.05) is 26.1 Å². The lowest BCUT2D eigenvalue weighted by atomic mass is 9.81. The second-order valence-electron chi connectivity index (χ2n) is 9.17. The highest BCUT2D eigenvalue weighted by Gasteiger charge is 2.37. The fraction of sp³-hybridized carbons (Fsp3) is 0.565. The van der Waals surface area contributed by atoms with Gasteiger partial charge in [-0.15, -0.1) is 10.2 Å². The van der Waals surface area contributed by atoms with E-state index in [0.717, 1.165) is 0 Å². The van der Waals surface area contributed by atoms with Gasteiger partial charge in [0, 0.05) is 31.3 Å². The van der Waals surface area contributed by atoms with Crippen LogP contribution in [0.15, 0.2) is 18.7 Å². The van der Waals surface area contributed by atoms with Crippen LogP contribution in [0.25, 0.3) is 5.69 Å². The highest BCUT2D eigenvalue weighted by Crippen LogP contribution is 2.41. The summed E-state index contributed by atoms with van der Waals surface area (Å²) in [6.07, 6.45) is 1.78. The Bertz CT molecular complexity index is 1380. The Hall–Kier alpha value is -3.24. The van der Waals surface area contributed by atoms with E-state index in [0.29, 0.717) is 18.7 Å². The Labute approximate surface area is 234 Å².